The quantitative estimate of drug-likeness (QED) is 0.0555. The van der Waals surface area contributed by atoms with E-state index in [1.165, 1.54) is 17.4 Å². The minimum absolute atomic E-state index is 0.0128. The highest BCUT2D eigenvalue weighted by atomic mass is 32.1. The second-order valence-corrected chi connectivity index (χ2v) is 22.5. The average molecular weight is 1120 g/mol. The zero-order valence-electron chi connectivity index (χ0n) is 44.6. The number of amides is 3. The Morgan fingerprint density at radius 3 is 2.23 bits per heavy atom. The van der Waals surface area contributed by atoms with Crippen LogP contribution in [0.4, 0.5) is 24.5 Å². The molecule has 5 aromatic rings. The van der Waals surface area contributed by atoms with E-state index in [0.29, 0.717) is 34.9 Å². The lowest BCUT2D eigenvalue weighted by Crippen LogP contribution is -2.49. The number of halogens is 3. The summed E-state index contributed by atoms with van der Waals surface area (Å²) < 4.78 is 66.7. The number of carbonyl (C=O) groups is 4. The molecule has 1 unspecified atom stereocenters. The summed E-state index contributed by atoms with van der Waals surface area (Å²) in [6.07, 6.45) is -2.20. The molecule has 4 aromatic carbocycles. The first-order valence-corrected chi connectivity index (χ1v) is 27.9. The monoisotopic (exact) mass is 1120 g/mol. The van der Waals surface area contributed by atoms with Gasteiger partial charge in [0.05, 0.1) is 82.5 Å². The molecule has 79 heavy (non-hydrogen) atoms. The zero-order valence-corrected chi connectivity index (χ0v) is 46.2. The van der Waals surface area contributed by atoms with Crippen molar-refractivity contribution in [2.45, 2.75) is 122 Å². The largest absolute Gasteiger partial charge is 0.491 e. The third-order valence-corrected chi connectivity index (χ3v) is 16.7. The average Bonchev–Trinajstić information content (AvgIpc) is 4.32. The number of aliphatic hydroxyl groups is 1. The smallest absolute Gasteiger partial charge is 0.417 e. The zero-order chi connectivity index (χ0) is 56.3. The second kappa shape index (κ2) is 23.9. The summed E-state index contributed by atoms with van der Waals surface area (Å²) in [4.78, 5) is 65.4. The highest BCUT2D eigenvalue weighted by Crippen LogP contribution is 2.42. The van der Waals surface area contributed by atoms with E-state index in [4.69, 9.17) is 31.2 Å². The highest BCUT2D eigenvalue weighted by Gasteiger charge is 2.51. The van der Waals surface area contributed by atoms with Gasteiger partial charge in [-0.15, -0.1) is 11.3 Å². The summed E-state index contributed by atoms with van der Waals surface area (Å²) in [6.45, 7) is 10.4. The van der Waals surface area contributed by atoms with Crippen molar-refractivity contribution < 1.29 is 56.4 Å². The maximum Gasteiger partial charge on any atom is 0.417 e. The molecule has 15 nitrogen and oxygen atoms in total. The van der Waals surface area contributed by atoms with Gasteiger partial charge in [0.2, 0.25) is 5.91 Å². The number of ether oxygens (including phenoxy) is 4. The SMILES string of the molecule is Cc1ncsc1-c1ccc(CNC(=O)[C@@H]2C[C@@H](O)CC2C(=O)[C@H](C(C)C)N2Cc3ccccc3C2=O)c(OCCO[C@@H]2CCCC[C@@H]2OCCOc2ccc(N3C(=S)N(c4ccc(C#N)c(C(F)(F)F)c4)C(=O)C3(C)C)cc2)c1. The fraction of sp³-hybridized carbons (Fsp3) is 0.441. The van der Waals surface area contributed by atoms with Crippen molar-refractivity contribution >= 4 is 63.5 Å². The van der Waals surface area contributed by atoms with Gasteiger partial charge in [-0.1, -0.05) is 57.0 Å². The van der Waals surface area contributed by atoms with E-state index in [1.54, 1.807) is 71.6 Å². The van der Waals surface area contributed by atoms with E-state index >= 15 is 0 Å². The number of aromatic nitrogens is 1. The number of nitrogens with one attached hydrogen (secondary N) is 1. The van der Waals surface area contributed by atoms with Gasteiger partial charge in [0.1, 0.15) is 30.3 Å². The van der Waals surface area contributed by atoms with Crippen molar-refractivity contribution in [1.29, 1.82) is 5.26 Å². The molecule has 0 bridgehead atoms. The maximum absolute atomic E-state index is 14.4. The van der Waals surface area contributed by atoms with Gasteiger partial charge in [0.15, 0.2) is 10.9 Å². The number of hydrogen-bond acceptors (Lipinski definition) is 13. The van der Waals surface area contributed by atoms with Gasteiger partial charge >= 0.3 is 6.18 Å². The van der Waals surface area contributed by atoms with Crippen molar-refractivity contribution in [2.75, 3.05) is 36.2 Å². The van der Waals surface area contributed by atoms with Crippen molar-refractivity contribution in [3.05, 3.63) is 124 Å². The van der Waals surface area contributed by atoms with Crippen LogP contribution in [0, 0.1) is 36.0 Å². The third kappa shape index (κ3) is 12.1. The van der Waals surface area contributed by atoms with E-state index in [0.717, 1.165) is 64.4 Å². The molecular weight excluding hydrogens is 1060 g/mol. The van der Waals surface area contributed by atoms with Crippen LogP contribution in [0.25, 0.3) is 10.4 Å². The molecule has 1 aromatic heterocycles. The summed E-state index contributed by atoms with van der Waals surface area (Å²) in [5.41, 5.74) is 3.19. The number of thiocarbonyl (C=S) groups is 1. The van der Waals surface area contributed by atoms with E-state index < -0.39 is 52.7 Å². The van der Waals surface area contributed by atoms with Gasteiger partial charge in [0.25, 0.3) is 11.8 Å². The molecule has 416 valence electrons. The van der Waals surface area contributed by atoms with E-state index in [1.807, 2.05) is 51.1 Å². The number of nitriles is 1. The molecule has 9 rings (SSSR count). The number of aliphatic hydroxyl groups excluding tert-OH is 1. The fourth-order valence-corrected chi connectivity index (χ4v) is 12.7. The summed E-state index contributed by atoms with van der Waals surface area (Å²) in [5, 5.41) is 23.2. The number of thiazole rings is 1. The molecule has 1 saturated heterocycles. The molecule has 4 aliphatic rings. The van der Waals surface area contributed by atoms with E-state index in [2.05, 4.69) is 10.3 Å². The molecule has 2 saturated carbocycles. The number of aryl methyl sites for hydroxylation is 1. The number of carbonyl (C=O) groups excluding carboxylic acids is 4. The molecular formula is C59H63F3N6O9S2. The Bertz CT molecular complexity index is 3140. The topological polar surface area (TPSA) is 184 Å². The summed E-state index contributed by atoms with van der Waals surface area (Å²) in [6, 6.07) is 23.9. The predicted octanol–water partition coefficient (Wildman–Crippen LogP) is 9.98. The Morgan fingerprint density at radius 2 is 1.58 bits per heavy atom. The number of anilines is 2. The second-order valence-electron chi connectivity index (χ2n) is 21.3. The van der Waals surface area contributed by atoms with Crippen LogP contribution < -0.4 is 24.6 Å². The van der Waals surface area contributed by atoms with Gasteiger partial charge in [-0.25, -0.2) is 4.98 Å². The molecule has 0 radical (unpaired) electrons. The minimum atomic E-state index is -4.81. The first-order chi connectivity index (χ1) is 37.8. The molecule has 0 spiro atoms. The highest BCUT2D eigenvalue weighted by molar-refractivity contribution is 7.81. The number of alkyl halides is 3. The molecule has 2 N–H and O–H groups in total. The maximum atomic E-state index is 14.4. The Hall–Kier alpha value is -6.76. The van der Waals surface area contributed by atoms with Crippen LogP contribution in [-0.2, 0) is 43.1 Å². The molecule has 2 aliphatic heterocycles. The lowest BCUT2D eigenvalue weighted by Gasteiger charge is -2.33. The first-order valence-electron chi connectivity index (χ1n) is 26.6. The van der Waals surface area contributed by atoms with E-state index in [9.17, 15) is 42.7 Å². The molecule has 6 atom stereocenters. The molecule has 3 heterocycles. The van der Waals surface area contributed by atoms with Crippen LogP contribution >= 0.6 is 23.6 Å². The van der Waals surface area contributed by atoms with Crippen LogP contribution in [0.5, 0.6) is 11.5 Å². The Balaban J connectivity index is 0.779. The number of ketones is 1. The van der Waals surface area contributed by atoms with Gasteiger partial charge in [-0.05, 0) is 130 Å². The number of rotatable bonds is 20. The van der Waals surface area contributed by atoms with Crippen molar-refractivity contribution in [3.8, 4) is 28.0 Å². The summed E-state index contributed by atoms with van der Waals surface area (Å²) >= 11 is 7.20. The summed E-state index contributed by atoms with van der Waals surface area (Å²) in [5.74, 6) is -1.99. The number of hydrogen-bond donors (Lipinski definition) is 2. The Morgan fingerprint density at radius 1 is 0.911 bits per heavy atom. The number of Topliss-reactive ketones (excluding diaryl/α,β-unsaturated/α-hetero) is 1. The normalized spacial score (nSPS) is 21.4. The van der Waals surface area contributed by atoms with Crippen molar-refractivity contribution in [3.63, 3.8) is 0 Å². The Kier molecular flexibility index (Phi) is 17.2. The Labute approximate surface area is 466 Å². The van der Waals surface area contributed by atoms with Crippen LogP contribution in [0.3, 0.4) is 0 Å². The minimum Gasteiger partial charge on any atom is -0.491 e. The van der Waals surface area contributed by atoms with Crippen LogP contribution in [-0.4, -0.2) is 99.9 Å². The standard InChI is InChI=1S/C59H63F3N6O9S2/c1-34(2)51(66-32-39-10-6-7-11-44(39)55(66)72)52(70)45-28-42(69)29-46(45)54(71)64-31-38-15-14-36(53-35(3)65-33-79-53)26-50(38)77-25-24-76-49-13-9-8-12-48(49)75-23-22-74-43-20-18-40(19-21-43)68-57(78)67(56(73)58(68,4)5)41-17-16-37(30-63)47(27-41)59(60,61)62/h6-7,10-11,14-21,26-27,33-34,42,45-46,48-49,51,69H,8-9,12-13,22-25,28-29,31-32H2,1-5H3,(H,64,71)/t42-,45?,46+,48-,49+,51-/m0/s1. The lowest BCUT2D eigenvalue weighted by atomic mass is 9.83. The third-order valence-electron chi connectivity index (χ3n) is 15.3. The summed E-state index contributed by atoms with van der Waals surface area (Å²) in [7, 11) is 0. The van der Waals surface area contributed by atoms with Crippen molar-refractivity contribution in [2.24, 2.45) is 17.8 Å². The van der Waals surface area contributed by atoms with Gasteiger partial charge < -0.3 is 39.2 Å². The van der Waals surface area contributed by atoms with Gasteiger partial charge in [0, 0.05) is 35.8 Å². The predicted molar refractivity (Wildman–Crippen MR) is 294 cm³/mol. The first kappa shape index (κ1) is 56.9. The molecule has 3 fully saturated rings. The van der Waals surface area contributed by atoms with E-state index in [-0.39, 0.29) is 92.3 Å². The number of benzene rings is 4. The molecule has 2 aliphatic carbocycles. The fourth-order valence-electron chi connectivity index (χ4n) is 11.4. The van der Waals surface area contributed by atoms with Gasteiger partial charge in [-0.2, -0.15) is 18.4 Å². The number of fused-ring (bicyclic) bond motifs is 1. The van der Waals surface area contributed by atoms with Gasteiger partial charge in [-0.3, -0.25) is 24.1 Å². The van der Waals surface area contributed by atoms with Crippen molar-refractivity contribution in [1.82, 2.24) is 15.2 Å². The molecule has 3 amide bonds. The van der Waals surface area contributed by atoms with Crippen LogP contribution in [0.15, 0.2) is 90.4 Å². The lowest BCUT2D eigenvalue weighted by molar-refractivity contribution is -0.137. The molecule has 20 heteroatoms. The van der Waals surface area contributed by atoms with Crippen LogP contribution in [0.2, 0.25) is 0 Å². The number of nitrogens with zero attached hydrogens (tertiary/aromatic N) is 5. The van der Waals surface area contributed by atoms with Crippen LogP contribution in [0.1, 0.15) is 105 Å².